The van der Waals surface area contributed by atoms with E-state index in [1.165, 1.54) is 44.7 Å². The molecule has 10 atom stereocenters. The molecule has 67 heavy (non-hydrogen) atoms. The Kier molecular flexibility index (Phi) is 20.6. The SMILES string of the molecule is C/C=C(\C)[C@H]1OC(=O)[C@@H](C)NC(=O)[C@H]([C@H](C)CC)NC(=O)CN(C)C(=O)[C@@H](Cc2ccccc2)N(C)C(=O)[C@H](C)NC(=O)[C@@H](CC(C)C)OC(=O)/C(C)=C/C2(NC)C[C@H](OC(=O)N(C)C2)[C@@H]1C. The number of amides is 6. The summed E-state index contributed by atoms with van der Waals surface area (Å²) in [5, 5.41) is 11.4. The molecule has 2 aliphatic rings. The first-order chi connectivity index (χ1) is 31.4. The number of hydrogen-bond acceptors (Lipinski definition) is 12. The molecule has 0 spiro atoms. The number of ether oxygens (including phenoxy) is 3. The number of carbonyl (C=O) groups is 8. The fourth-order valence-electron chi connectivity index (χ4n) is 8.24. The van der Waals surface area contributed by atoms with Crippen LogP contribution in [-0.4, -0.2) is 152 Å². The molecular formula is C49H75N7O11. The molecule has 0 radical (unpaired) electrons. The number of hydrogen-bond donors (Lipinski definition) is 4. The first kappa shape index (κ1) is 55.5. The number of rotatable bonds is 8. The Bertz CT molecular complexity index is 2010. The first-order valence-corrected chi connectivity index (χ1v) is 23.2. The third-order valence-electron chi connectivity index (χ3n) is 12.8. The molecule has 0 saturated carbocycles. The van der Waals surface area contributed by atoms with Gasteiger partial charge in [0.1, 0.15) is 36.4 Å². The number of nitrogens with zero attached hydrogens (tertiary/aromatic N) is 3. The second-order valence-electron chi connectivity index (χ2n) is 18.7. The van der Waals surface area contributed by atoms with Gasteiger partial charge in [0.2, 0.25) is 23.6 Å². The summed E-state index contributed by atoms with van der Waals surface area (Å²) in [5.74, 6) is -5.99. The quantitative estimate of drug-likeness (QED) is 0.168. The highest BCUT2D eigenvalue weighted by Crippen LogP contribution is 2.32. The van der Waals surface area contributed by atoms with Crippen LogP contribution in [0.5, 0.6) is 0 Å². The molecule has 2 bridgehead atoms. The maximum absolute atomic E-state index is 14.3. The highest BCUT2D eigenvalue weighted by atomic mass is 16.6. The lowest BCUT2D eigenvalue weighted by molar-refractivity contribution is -0.155. The topological polar surface area (TPSA) is 222 Å². The van der Waals surface area contributed by atoms with Crippen molar-refractivity contribution in [2.75, 3.05) is 41.3 Å². The number of carbonyl (C=O) groups excluding carboxylic acids is 8. The number of benzene rings is 1. The molecule has 1 aromatic rings. The van der Waals surface area contributed by atoms with Gasteiger partial charge in [-0.05, 0) is 71.1 Å². The van der Waals surface area contributed by atoms with E-state index in [1.54, 1.807) is 78.2 Å². The van der Waals surface area contributed by atoms with Crippen LogP contribution in [0.1, 0.15) is 94.1 Å². The van der Waals surface area contributed by atoms with Crippen molar-refractivity contribution in [3.05, 3.63) is 59.2 Å². The highest BCUT2D eigenvalue weighted by molar-refractivity contribution is 5.96. The zero-order valence-electron chi connectivity index (χ0n) is 41.9. The van der Waals surface area contributed by atoms with Crippen molar-refractivity contribution in [3.8, 4) is 0 Å². The molecule has 1 saturated heterocycles. The Morgan fingerprint density at radius 2 is 1.49 bits per heavy atom. The maximum atomic E-state index is 14.3. The van der Waals surface area contributed by atoms with Gasteiger partial charge in [0.05, 0.1) is 12.1 Å². The molecule has 1 fully saturated rings. The van der Waals surface area contributed by atoms with Gasteiger partial charge in [-0.25, -0.2) is 14.4 Å². The summed E-state index contributed by atoms with van der Waals surface area (Å²) < 4.78 is 18.0. The molecule has 18 heteroatoms. The summed E-state index contributed by atoms with van der Waals surface area (Å²) in [5.41, 5.74) is 0.405. The molecular weight excluding hydrogens is 863 g/mol. The van der Waals surface area contributed by atoms with Gasteiger partial charge in [0.25, 0.3) is 5.91 Å². The van der Waals surface area contributed by atoms with Crippen molar-refractivity contribution in [1.82, 2.24) is 36.0 Å². The van der Waals surface area contributed by atoms with Crippen LogP contribution in [0.3, 0.4) is 0 Å². The third-order valence-corrected chi connectivity index (χ3v) is 12.8. The van der Waals surface area contributed by atoms with Crippen LogP contribution < -0.4 is 21.3 Å². The average Bonchev–Trinajstić information content (AvgIpc) is 3.41. The second kappa shape index (κ2) is 24.8. The zero-order valence-corrected chi connectivity index (χ0v) is 41.9. The predicted octanol–water partition coefficient (Wildman–Crippen LogP) is 3.29. The van der Waals surface area contributed by atoms with Gasteiger partial charge in [-0.1, -0.05) is 83.5 Å². The van der Waals surface area contributed by atoms with E-state index in [4.69, 9.17) is 14.2 Å². The molecule has 1 aromatic carbocycles. The fraction of sp³-hybridized carbons (Fsp3) is 0.633. The number of cyclic esters (lactones) is 2. The Morgan fingerprint density at radius 3 is 2.07 bits per heavy atom. The van der Waals surface area contributed by atoms with Gasteiger partial charge in [-0.3, -0.25) is 24.0 Å². The minimum atomic E-state index is -1.31. The van der Waals surface area contributed by atoms with E-state index in [9.17, 15) is 38.4 Å². The van der Waals surface area contributed by atoms with Crippen molar-refractivity contribution in [2.24, 2.45) is 17.8 Å². The van der Waals surface area contributed by atoms with Crippen molar-refractivity contribution in [3.63, 3.8) is 0 Å². The Balaban J connectivity index is 2.18. The van der Waals surface area contributed by atoms with E-state index < -0.39 is 114 Å². The maximum Gasteiger partial charge on any atom is 0.409 e. The molecule has 0 aromatic heterocycles. The van der Waals surface area contributed by atoms with Gasteiger partial charge in [-0.2, -0.15) is 0 Å². The molecule has 0 aliphatic carbocycles. The second-order valence-corrected chi connectivity index (χ2v) is 18.7. The standard InChI is InChI=1S/C49H75N7O11/c1-15-29(5)40-43(59)52-34(10)47(63)67-41(30(6)16-2)32(8)38-25-49(50-11,27-55(13)48(64)66-38)24-31(7)46(62)65-37(22-28(3)4)42(58)51-33(9)44(60)56(14)36(23-35-20-18-17-19-21-35)45(61)54(12)26-39(57)53-40/h16-21,24,28-29,32-34,36-38,40-41,50H,15,22-23,25-27H2,1-14H3,(H,51,58)(H,52,59)(H,53,57)/b30-16+,31-24+/t29-,32+,33+,34-,36-,37-,38+,40+,41-,49?/m1/s1. The van der Waals surface area contributed by atoms with Gasteiger partial charge in [0.15, 0.2) is 6.10 Å². The van der Waals surface area contributed by atoms with Crippen LogP contribution in [0.2, 0.25) is 0 Å². The summed E-state index contributed by atoms with van der Waals surface area (Å²) in [7, 11) is 6.08. The van der Waals surface area contributed by atoms with Crippen LogP contribution in [0.15, 0.2) is 53.6 Å². The number of esters is 2. The van der Waals surface area contributed by atoms with Gasteiger partial charge in [-0.15, -0.1) is 0 Å². The monoisotopic (exact) mass is 938 g/mol. The van der Waals surface area contributed by atoms with E-state index >= 15 is 0 Å². The molecule has 6 amide bonds. The average molecular weight is 938 g/mol. The first-order valence-electron chi connectivity index (χ1n) is 23.2. The Hall–Kier alpha value is -5.78. The van der Waals surface area contributed by atoms with E-state index in [1.807, 2.05) is 26.8 Å². The summed E-state index contributed by atoms with van der Waals surface area (Å²) in [6.07, 6.45) is 0.413. The number of allylic oxidation sites excluding steroid dienone is 1. The summed E-state index contributed by atoms with van der Waals surface area (Å²) >= 11 is 0. The minimum absolute atomic E-state index is 0.0623. The zero-order chi connectivity index (χ0) is 50.5. The Morgan fingerprint density at radius 1 is 0.866 bits per heavy atom. The van der Waals surface area contributed by atoms with E-state index in [2.05, 4.69) is 21.3 Å². The smallest absolute Gasteiger partial charge is 0.409 e. The van der Waals surface area contributed by atoms with Crippen LogP contribution in [0.25, 0.3) is 0 Å². The fourth-order valence-corrected chi connectivity index (χ4v) is 8.24. The lowest BCUT2D eigenvalue weighted by Gasteiger charge is -2.36. The highest BCUT2D eigenvalue weighted by Gasteiger charge is 2.44. The van der Waals surface area contributed by atoms with E-state index in [-0.39, 0.29) is 37.3 Å². The van der Waals surface area contributed by atoms with Gasteiger partial charge < -0.3 is 50.2 Å². The van der Waals surface area contributed by atoms with Crippen LogP contribution in [-0.2, 0) is 54.2 Å². The van der Waals surface area contributed by atoms with Crippen molar-refractivity contribution in [2.45, 2.75) is 143 Å². The van der Waals surface area contributed by atoms with Crippen molar-refractivity contribution < 1.29 is 52.6 Å². The molecule has 1 unspecified atom stereocenters. The summed E-state index contributed by atoms with van der Waals surface area (Å²) in [6.45, 7) is 16.7. The molecule has 372 valence electrons. The molecule has 18 nitrogen and oxygen atoms in total. The van der Waals surface area contributed by atoms with Crippen molar-refractivity contribution in [1.29, 1.82) is 0 Å². The van der Waals surface area contributed by atoms with Crippen LogP contribution in [0, 0.1) is 17.8 Å². The molecule has 2 aliphatic heterocycles. The largest absolute Gasteiger partial charge is 0.456 e. The minimum Gasteiger partial charge on any atom is -0.456 e. The number of fused-ring (bicyclic) bond motifs is 2. The normalized spacial score (nSPS) is 30.2. The van der Waals surface area contributed by atoms with Crippen LogP contribution >= 0.6 is 0 Å². The number of nitrogens with one attached hydrogen (secondary N) is 4. The van der Waals surface area contributed by atoms with E-state index in [0.717, 1.165) is 10.5 Å². The van der Waals surface area contributed by atoms with Gasteiger partial charge >= 0.3 is 18.0 Å². The van der Waals surface area contributed by atoms with E-state index in [0.29, 0.717) is 12.0 Å². The molecule has 2 heterocycles. The van der Waals surface area contributed by atoms with Gasteiger partial charge in [0, 0.05) is 52.0 Å². The Labute approximate surface area is 396 Å². The van der Waals surface area contributed by atoms with Crippen LogP contribution in [0.4, 0.5) is 4.79 Å². The summed E-state index contributed by atoms with van der Waals surface area (Å²) in [6, 6.07) is 4.39. The third kappa shape index (κ3) is 15.1. The molecule has 3 rings (SSSR count). The van der Waals surface area contributed by atoms with Crippen molar-refractivity contribution >= 4 is 47.6 Å². The summed E-state index contributed by atoms with van der Waals surface area (Å²) in [4.78, 5) is 115. The molecule has 4 N–H and O–H groups in total. The lowest BCUT2D eigenvalue weighted by atomic mass is 9.82. The lowest BCUT2D eigenvalue weighted by Crippen LogP contribution is -2.57. The number of likely N-dealkylation sites (N-methyl/N-ethyl adjacent to an activating group) is 4. The predicted molar refractivity (Wildman–Crippen MR) is 252 cm³/mol.